The summed E-state index contributed by atoms with van der Waals surface area (Å²) >= 11 is 11.7. The zero-order valence-electron chi connectivity index (χ0n) is 12.7. The van der Waals surface area contributed by atoms with Gasteiger partial charge in [-0.15, -0.1) is 0 Å². The lowest BCUT2D eigenvalue weighted by Gasteiger charge is -2.13. The normalized spacial score (nSPS) is 12.5. The molecule has 24 heavy (non-hydrogen) atoms. The van der Waals surface area contributed by atoms with E-state index in [1.807, 2.05) is 4.72 Å². The van der Waals surface area contributed by atoms with Gasteiger partial charge in [0.2, 0.25) is 0 Å². The lowest BCUT2D eigenvalue weighted by Crippen LogP contribution is -2.17. The standard InChI is InChI=1S/C13H12Cl2F3N3O2S/c1-6-4-10(9(15)5-8(6)14)24(22,23)20-11-7(2)21(3)19-12(11)13(16,17)18/h4-5,20H,1-3H3. The van der Waals surface area contributed by atoms with Gasteiger partial charge in [-0.05, 0) is 31.5 Å². The van der Waals surface area contributed by atoms with Gasteiger partial charge in [0.15, 0.2) is 5.69 Å². The first-order valence-corrected chi connectivity index (χ1v) is 8.67. The van der Waals surface area contributed by atoms with Gasteiger partial charge in [0, 0.05) is 12.1 Å². The largest absolute Gasteiger partial charge is 0.437 e. The SMILES string of the molecule is Cc1cc(S(=O)(=O)Nc2c(C(F)(F)F)nn(C)c2C)c(Cl)cc1Cl. The molecule has 5 nitrogen and oxygen atoms in total. The number of aromatic nitrogens is 2. The molecule has 0 saturated heterocycles. The second kappa shape index (κ2) is 6.12. The van der Waals surface area contributed by atoms with E-state index < -0.39 is 27.6 Å². The van der Waals surface area contributed by atoms with E-state index in [0.29, 0.717) is 5.56 Å². The fraction of sp³-hybridized carbons (Fsp3) is 0.308. The molecule has 0 bridgehead atoms. The van der Waals surface area contributed by atoms with Crippen molar-refractivity contribution in [3.8, 4) is 0 Å². The third-order valence-electron chi connectivity index (χ3n) is 3.34. The van der Waals surface area contributed by atoms with Crippen LogP contribution in [0.1, 0.15) is 17.0 Å². The van der Waals surface area contributed by atoms with Crippen LogP contribution in [-0.2, 0) is 23.2 Å². The van der Waals surface area contributed by atoms with Crippen molar-refractivity contribution >= 4 is 38.9 Å². The Morgan fingerprint density at radius 1 is 1.17 bits per heavy atom. The van der Waals surface area contributed by atoms with Crippen LogP contribution in [0.5, 0.6) is 0 Å². The summed E-state index contributed by atoms with van der Waals surface area (Å²) in [4.78, 5) is -0.373. The average Bonchev–Trinajstić information content (AvgIpc) is 2.70. The molecule has 1 heterocycles. The van der Waals surface area contributed by atoms with Crippen LogP contribution < -0.4 is 4.72 Å². The van der Waals surface area contributed by atoms with E-state index in [2.05, 4.69) is 5.10 Å². The molecular formula is C13H12Cl2F3N3O2S. The van der Waals surface area contributed by atoms with E-state index in [1.54, 1.807) is 6.92 Å². The van der Waals surface area contributed by atoms with Crippen molar-refractivity contribution in [2.75, 3.05) is 4.72 Å². The Labute approximate surface area is 146 Å². The molecule has 1 aromatic carbocycles. The van der Waals surface area contributed by atoms with Crippen LogP contribution in [0.3, 0.4) is 0 Å². The van der Waals surface area contributed by atoms with Crippen molar-refractivity contribution in [2.24, 2.45) is 7.05 Å². The summed E-state index contributed by atoms with van der Waals surface area (Å²) in [5.41, 5.74) is -1.55. The number of nitrogens with zero attached hydrogens (tertiary/aromatic N) is 2. The Morgan fingerprint density at radius 2 is 1.75 bits per heavy atom. The maximum Gasteiger partial charge on any atom is 0.437 e. The smallest absolute Gasteiger partial charge is 0.275 e. The number of hydrogen-bond acceptors (Lipinski definition) is 3. The summed E-state index contributed by atoms with van der Waals surface area (Å²) < 4.78 is 67.0. The lowest BCUT2D eigenvalue weighted by molar-refractivity contribution is -0.140. The van der Waals surface area contributed by atoms with Gasteiger partial charge in [-0.2, -0.15) is 18.3 Å². The number of benzene rings is 1. The Morgan fingerprint density at radius 3 is 2.29 bits per heavy atom. The molecule has 2 rings (SSSR count). The zero-order valence-corrected chi connectivity index (χ0v) is 15.0. The average molecular weight is 402 g/mol. The molecule has 0 aliphatic rings. The number of nitrogens with one attached hydrogen (secondary N) is 1. The van der Waals surface area contributed by atoms with Gasteiger partial charge < -0.3 is 0 Å². The lowest BCUT2D eigenvalue weighted by atomic mass is 10.2. The summed E-state index contributed by atoms with van der Waals surface area (Å²) in [6.07, 6.45) is -4.82. The Kier molecular flexibility index (Phi) is 4.82. The quantitative estimate of drug-likeness (QED) is 0.839. The number of aryl methyl sites for hydroxylation is 2. The van der Waals surface area contributed by atoms with Crippen LogP contribution in [0.2, 0.25) is 10.0 Å². The highest BCUT2D eigenvalue weighted by Crippen LogP contribution is 2.37. The molecule has 0 aliphatic heterocycles. The van der Waals surface area contributed by atoms with Gasteiger partial charge in [0.25, 0.3) is 10.0 Å². The molecule has 1 aromatic heterocycles. The predicted octanol–water partition coefficient (Wildman–Crippen LogP) is 4.16. The summed E-state index contributed by atoms with van der Waals surface area (Å²) in [6, 6.07) is 2.40. The minimum absolute atomic E-state index is 0.00714. The third kappa shape index (κ3) is 3.47. The van der Waals surface area contributed by atoms with Gasteiger partial charge in [-0.3, -0.25) is 9.40 Å². The molecule has 0 aliphatic carbocycles. The highest BCUT2D eigenvalue weighted by atomic mass is 35.5. The number of hydrogen-bond donors (Lipinski definition) is 1. The van der Waals surface area contributed by atoms with E-state index >= 15 is 0 Å². The van der Waals surface area contributed by atoms with Crippen molar-refractivity contribution in [3.05, 3.63) is 39.1 Å². The number of alkyl halides is 3. The summed E-state index contributed by atoms with van der Waals surface area (Å²) in [5.74, 6) is 0. The molecule has 11 heteroatoms. The van der Waals surface area contributed by atoms with Crippen LogP contribution in [0.15, 0.2) is 17.0 Å². The van der Waals surface area contributed by atoms with Gasteiger partial charge in [0.05, 0.1) is 10.7 Å². The van der Waals surface area contributed by atoms with Crippen LogP contribution in [0.4, 0.5) is 18.9 Å². The summed E-state index contributed by atoms with van der Waals surface area (Å²) in [7, 11) is -3.09. The molecule has 0 fully saturated rings. The van der Waals surface area contributed by atoms with E-state index in [9.17, 15) is 21.6 Å². The molecule has 0 atom stereocenters. The highest BCUT2D eigenvalue weighted by molar-refractivity contribution is 7.92. The molecule has 0 amide bonds. The molecule has 0 saturated carbocycles. The summed E-state index contributed by atoms with van der Waals surface area (Å²) in [5, 5.41) is 3.37. The molecule has 2 aromatic rings. The number of anilines is 1. The number of sulfonamides is 1. The number of halogens is 5. The van der Waals surface area contributed by atoms with E-state index in [0.717, 1.165) is 4.68 Å². The van der Waals surface area contributed by atoms with Gasteiger partial charge in [-0.1, -0.05) is 23.2 Å². The maximum atomic E-state index is 13.1. The van der Waals surface area contributed by atoms with Crippen LogP contribution in [-0.4, -0.2) is 18.2 Å². The van der Waals surface area contributed by atoms with Crippen molar-refractivity contribution in [2.45, 2.75) is 24.9 Å². The first-order chi connectivity index (χ1) is 10.8. The zero-order chi connectivity index (χ0) is 18.4. The number of rotatable bonds is 3. The first kappa shape index (κ1) is 18.9. The molecular weight excluding hydrogens is 390 g/mol. The molecule has 0 unspecified atom stereocenters. The predicted molar refractivity (Wildman–Crippen MR) is 85.0 cm³/mol. The van der Waals surface area contributed by atoms with Gasteiger partial charge >= 0.3 is 6.18 Å². The topological polar surface area (TPSA) is 64.0 Å². The fourth-order valence-electron chi connectivity index (χ4n) is 1.95. The van der Waals surface area contributed by atoms with Crippen molar-refractivity contribution in [1.29, 1.82) is 0 Å². The van der Waals surface area contributed by atoms with Gasteiger partial charge in [-0.25, -0.2) is 8.42 Å². The Bertz CT molecular complexity index is 908. The second-order valence-corrected chi connectivity index (χ2v) is 7.53. The van der Waals surface area contributed by atoms with Crippen LogP contribution in [0.25, 0.3) is 0 Å². The molecule has 132 valence electrons. The van der Waals surface area contributed by atoms with Crippen molar-refractivity contribution < 1.29 is 21.6 Å². The van der Waals surface area contributed by atoms with Crippen molar-refractivity contribution in [1.82, 2.24) is 9.78 Å². The summed E-state index contributed by atoms with van der Waals surface area (Å²) in [6.45, 7) is 2.86. The minimum Gasteiger partial charge on any atom is -0.275 e. The van der Waals surface area contributed by atoms with Crippen LogP contribution >= 0.6 is 23.2 Å². The molecule has 0 radical (unpaired) electrons. The van der Waals surface area contributed by atoms with E-state index in [-0.39, 0.29) is 20.6 Å². The first-order valence-electron chi connectivity index (χ1n) is 6.44. The monoisotopic (exact) mass is 401 g/mol. The third-order valence-corrected chi connectivity index (χ3v) is 5.56. The van der Waals surface area contributed by atoms with Crippen molar-refractivity contribution in [3.63, 3.8) is 0 Å². The van der Waals surface area contributed by atoms with Crippen LogP contribution in [0, 0.1) is 13.8 Å². The minimum atomic E-state index is -4.82. The second-order valence-electron chi connectivity index (χ2n) is 5.07. The highest BCUT2D eigenvalue weighted by Gasteiger charge is 2.39. The van der Waals surface area contributed by atoms with E-state index in [1.165, 1.54) is 26.1 Å². The molecule has 0 spiro atoms. The Hall–Kier alpha value is -1.45. The maximum absolute atomic E-state index is 13.1. The molecule has 1 N–H and O–H groups in total. The van der Waals surface area contributed by atoms with Gasteiger partial charge in [0.1, 0.15) is 10.6 Å². The van der Waals surface area contributed by atoms with E-state index in [4.69, 9.17) is 23.2 Å². The Balaban J connectivity index is 2.58. The fourth-order valence-corrected chi connectivity index (χ4v) is 3.91.